The number of rotatable bonds is 4. The number of carboxylic acids is 1. The van der Waals surface area contributed by atoms with E-state index in [-0.39, 0.29) is 22.2 Å². The molecule has 4 aliphatic rings. The average Bonchev–Trinajstić information content (AvgIpc) is 2.96. The van der Waals surface area contributed by atoms with Crippen molar-refractivity contribution in [3.05, 3.63) is 34.7 Å². The van der Waals surface area contributed by atoms with Crippen LogP contribution in [-0.4, -0.2) is 32.9 Å². The summed E-state index contributed by atoms with van der Waals surface area (Å²) < 4.78 is 1.42. The van der Waals surface area contributed by atoms with Crippen LogP contribution in [0.15, 0.2) is 18.2 Å². The van der Waals surface area contributed by atoms with Crippen LogP contribution in [0.1, 0.15) is 59.5 Å². The third-order valence-electron chi connectivity index (χ3n) is 6.81. The normalized spacial score (nSPS) is 31.4. The Kier molecular flexibility index (Phi) is 3.76. The molecule has 0 aromatic carbocycles. The molecule has 6 rings (SSSR count). The zero-order valence-corrected chi connectivity index (χ0v) is 15.7. The molecule has 4 bridgehead atoms. The Morgan fingerprint density at radius 3 is 2.41 bits per heavy atom. The average molecular weight is 388 g/mol. The Labute approximate surface area is 161 Å². The van der Waals surface area contributed by atoms with Crippen LogP contribution in [0.5, 0.6) is 0 Å². The second kappa shape index (κ2) is 5.96. The first-order chi connectivity index (χ1) is 12.9. The summed E-state index contributed by atoms with van der Waals surface area (Å²) >= 11 is 6.20. The summed E-state index contributed by atoms with van der Waals surface area (Å²) in [5.74, 6) is 1.06. The Balaban J connectivity index is 1.40. The summed E-state index contributed by atoms with van der Waals surface area (Å²) in [7, 11) is 0. The fourth-order valence-electron chi connectivity index (χ4n) is 6.24. The van der Waals surface area contributed by atoms with Gasteiger partial charge in [0.15, 0.2) is 5.69 Å². The molecule has 4 aliphatic carbocycles. The van der Waals surface area contributed by atoms with E-state index in [1.165, 1.54) is 42.9 Å². The van der Waals surface area contributed by atoms with E-state index in [4.69, 9.17) is 11.6 Å². The van der Waals surface area contributed by atoms with Gasteiger partial charge < -0.3 is 10.4 Å². The van der Waals surface area contributed by atoms with Gasteiger partial charge in [0.05, 0.1) is 0 Å². The van der Waals surface area contributed by atoms with Gasteiger partial charge in [0.1, 0.15) is 16.5 Å². The maximum Gasteiger partial charge on any atom is 0.357 e. The van der Waals surface area contributed by atoms with E-state index in [9.17, 15) is 14.7 Å². The van der Waals surface area contributed by atoms with Crippen LogP contribution < -0.4 is 5.32 Å². The van der Waals surface area contributed by atoms with Crippen molar-refractivity contribution in [2.45, 2.75) is 38.5 Å². The number of nitrogens with zero attached hydrogens (tertiary/aromatic N) is 2. The molecule has 6 nitrogen and oxygen atoms in total. The van der Waals surface area contributed by atoms with Crippen LogP contribution in [0.3, 0.4) is 0 Å². The Hall–Kier alpha value is -2.08. The molecule has 0 spiro atoms. The summed E-state index contributed by atoms with van der Waals surface area (Å²) in [5.41, 5.74) is 0.684. The number of hydrogen-bond acceptors (Lipinski definition) is 3. The second-order valence-electron chi connectivity index (χ2n) is 8.76. The van der Waals surface area contributed by atoms with E-state index in [1.807, 2.05) is 0 Å². The minimum Gasteiger partial charge on any atom is -0.476 e. The van der Waals surface area contributed by atoms with Crippen LogP contribution >= 0.6 is 11.6 Å². The molecule has 4 saturated carbocycles. The molecule has 0 atom stereocenters. The SMILES string of the molecule is O=C(O)c1nc2cccc(C(=O)NCC34CC5CC(CC(C5)C3)C4)n2c1Cl. The molecule has 0 saturated heterocycles. The van der Waals surface area contributed by atoms with Crippen LogP contribution in [0.2, 0.25) is 5.15 Å². The van der Waals surface area contributed by atoms with Gasteiger partial charge in [-0.2, -0.15) is 0 Å². The maximum absolute atomic E-state index is 12.9. The van der Waals surface area contributed by atoms with Crippen molar-refractivity contribution in [3.8, 4) is 0 Å². The number of aromatic carboxylic acids is 1. The highest BCUT2D eigenvalue weighted by Gasteiger charge is 2.50. The summed E-state index contributed by atoms with van der Waals surface area (Å²) in [6.45, 7) is 0.684. The number of imidazole rings is 1. The molecule has 2 aromatic heterocycles. The lowest BCUT2D eigenvalue weighted by molar-refractivity contribution is -0.0503. The first-order valence-corrected chi connectivity index (χ1v) is 10.0. The van der Waals surface area contributed by atoms with Crippen LogP contribution in [0.25, 0.3) is 5.65 Å². The van der Waals surface area contributed by atoms with E-state index in [2.05, 4.69) is 10.3 Å². The molecule has 27 heavy (non-hydrogen) atoms. The lowest BCUT2D eigenvalue weighted by Crippen LogP contribution is -2.51. The number of carbonyl (C=O) groups is 2. The largest absolute Gasteiger partial charge is 0.476 e. The molecule has 2 aromatic rings. The zero-order chi connectivity index (χ0) is 18.8. The van der Waals surface area contributed by atoms with Gasteiger partial charge in [-0.05, 0) is 73.8 Å². The molecule has 142 valence electrons. The number of amides is 1. The second-order valence-corrected chi connectivity index (χ2v) is 9.12. The number of carbonyl (C=O) groups excluding carboxylic acids is 1. The number of pyridine rings is 1. The Morgan fingerprint density at radius 2 is 1.81 bits per heavy atom. The van der Waals surface area contributed by atoms with Gasteiger partial charge in [0, 0.05) is 6.54 Å². The van der Waals surface area contributed by atoms with Crippen molar-refractivity contribution in [3.63, 3.8) is 0 Å². The van der Waals surface area contributed by atoms with Crippen molar-refractivity contribution >= 4 is 29.1 Å². The van der Waals surface area contributed by atoms with E-state index < -0.39 is 5.97 Å². The number of nitrogens with one attached hydrogen (secondary N) is 1. The Morgan fingerprint density at radius 1 is 1.19 bits per heavy atom. The summed E-state index contributed by atoms with van der Waals surface area (Å²) in [6, 6.07) is 5.00. The third kappa shape index (κ3) is 2.73. The number of hydrogen-bond donors (Lipinski definition) is 2. The summed E-state index contributed by atoms with van der Waals surface area (Å²) in [5, 5.41) is 12.3. The fraction of sp³-hybridized carbons (Fsp3) is 0.550. The van der Waals surface area contributed by atoms with Crippen LogP contribution in [0.4, 0.5) is 0 Å². The van der Waals surface area contributed by atoms with Gasteiger partial charge in [-0.25, -0.2) is 9.78 Å². The van der Waals surface area contributed by atoms with Crippen LogP contribution in [-0.2, 0) is 0 Å². The minimum absolute atomic E-state index is 0.0435. The molecule has 2 N–H and O–H groups in total. The first kappa shape index (κ1) is 17.0. The van der Waals surface area contributed by atoms with E-state index >= 15 is 0 Å². The molecular formula is C20H22ClN3O3. The number of aromatic nitrogens is 2. The van der Waals surface area contributed by atoms with E-state index in [0.717, 1.165) is 17.8 Å². The van der Waals surface area contributed by atoms with E-state index in [0.29, 0.717) is 17.9 Å². The molecule has 0 radical (unpaired) electrons. The van der Waals surface area contributed by atoms with Gasteiger partial charge in [-0.15, -0.1) is 0 Å². The summed E-state index contributed by atoms with van der Waals surface area (Å²) in [6.07, 6.45) is 7.77. The lowest BCUT2D eigenvalue weighted by Gasteiger charge is -2.56. The molecule has 1 amide bonds. The number of fused-ring (bicyclic) bond motifs is 1. The topological polar surface area (TPSA) is 83.7 Å². The standard InChI is InChI=1S/C20H22ClN3O3/c21-17-16(19(26)27)23-15-3-1-2-14(24(15)17)18(25)22-10-20-7-11-4-12(8-20)6-13(5-11)9-20/h1-3,11-13H,4-10H2,(H,22,25)(H,26,27). The quantitative estimate of drug-likeness (QED) is 0.839. The summed E-state index contributed by atoms with van der Waals surface area (Å²) in [4.78, 5) is 28.2. The predicted molar refractivity (Wildman–Crippen MR) is 100 cm³/mol. The van der Waals surface area contributed by atoms with Gasteiger partial charge in [-0.3, -0.25) is 9.20 Å². The maximum atomic E-state index is 12.9. The van der Waals surface area contributed by atoms with E-state index in [1.54, 1.807) is 18.2 Å². The van der Waals surface area contributed by atoms with Gasteiger partial charge >= 0.3 is 5.97 Å². The highest BCUT2D eigenvalue weighted by atomic mass is 35.5. The monoisotopic (exact) mass is 387 g/mol. The minimum atomic E-state index is -1.20. The molecule has 0 aliphatic heterocycles. The number of halogens is 1. The number of carboxylic acid groups (broad SMARTS) is 1. The molecule has 2 heterocycles. The van der Waals surface area contributed by atoms with Crippen molar-refractivity contribution in [2.24, 2.45) is 23.2 Å². The van der Waals surface area contributed by atoms with Crippen molar-refractivity contribution in [1.29, 1.82) is 0 Å². The lowest BCUT2D eigenvalue weighted by atomic mass is 9.49. The highest BCUT2D eigenvalue weighted by Crippen LogP contribution is 2.59. The van der Waals surface area contributed by atoms with Gasteiger partial charge in [-0.1, -0.05) is 17.7 Å². The zero-order valence-electron chi connectivity index (χ0n) is 14.9. The smallest absolute Gasteiger partial charge is 0.357 e. The molecule has 0 unspecified atom stereocenters. The predicted octanol–water partition coefficient (Wildman–Crippen LogP) is 3.63. The third-order valence-corrected chi connectivity index (χ3v) is 7.16. The molecule has 4 fully saturated rings. The fourth-order valence-corrected chi connectivity index (χ4v) is 6.54. The van der Waals surface area contributed by atoms with Crippen molar-refractivity contribution < 1.29 is 14.7 Å². The van der Waals surface area contributed by atoms with Crippen LogP contribution in [0, 0.1) is 23.2 Å². The molecular weight excluding hydrogens is 366 g/mol. The van der Waals surface area contributed by atoms with Gasteiger partial charge in [0.2, 0.25) is 0 Å². The highest BCUT2D eigenvalue weighted by molar-refractivity contribution is 6.32. The van der Waals surface area contributed by atoms with Crippen molar-refractivity contribution in [1.82, 2.24) is 14.7 Å². The van der Waals surface area contributed by atoms with Gasteiger partial charge in [0.25, 0.3) is 5.91 Å². The first-order valence-electron chi connectivity index (χ1n) is 9.62. The van der Waals surface area contributed by atoms with Crippen molar-refractivity contribution in [2.75, 3.05) is 6.54 Å². The molecule has 7 heteroatoms. The Bertz CT molecular complexity index is 916.